The standard InChI is InChI=1S/C25H19BrCl2N2O3/c1-15-3-6-20(28)12-22(15)30-25(31)18(13-29)9-17-10-21(26)24(23(11-17)32-2)33-14-16-4-7-19(27)8-5-16/h3-12H,14H2,1-2H3,(H,30,31)/b18-9+. The lowest BCUT2D eigenvalue weighted by Crippen LogP contribution is -2.14. The molecule has 1 N–H and O–H groups in total. The average molecular weight is 546 g/mol. The number of methoxy groups -OCH3 is 1. The Balaban J connectivity index is 1.83. The minimum atomic E-state index is -0.541. The van der Waals surface area contributed by atoms with Crippen LogP contribution in [0.2, 0.25) is 10.0 Å². The van der Waals surface area contributed by atoms with E-state index >= 15 is 0 Å². The Labute approximate surface area is 210 Å². The molecule has 0 radical (unpaired) electrons. The molecule has 33 heavy (non-hydrogen) atoms. The zero-order chi connectivity index (χ0) is 24.0. The van der Waals surface area contributed by atoms with Gasteiger partial charge >= 0.3 is 0 Å². The predicted molar refractivity (Wildman–Crippen MR) is 135 cm³/mol. The Morgan fingerprint density at radius 1 is 1.12 bits per heavy atom. The molecule has 168 valence electrons. The highest BCUT2D eigenvalue weighted by atomic mass is 79.9. The molecule has 0 saturated carbocycles. The number of halogens is 3. The van der Waals surface area contributed by atoms with Gasteiger partial charge in [-0.1, -0.05) is 41.4 Å². The van der Waals surface area contributed by atoms with Gasteiger partial charge in [0.15, 0.2) is 11.5 Å². The molecule has 8 heteroatoms. The van der Waals surface area contributed by atoms with Crippen molar-refractivity contribution in [2.45, 2.75) is 13.5 Å². The van der Waals surface area contributed by atoms with Gasteiger partial charge in [-0.3, -0.25) is 4.79 Å². The van der Waals surface area contributed by atoms with Crippen molar-refractivity contribution in [3.05, 3.63) is 91.4 Å². The lowest BCUT2D eigenvalue weighted by Gasteiger charge is -2.14. The van der Waals surface area contributed by atoms with Crippen LogP contribution < -0.4 is 14.8 Å². The summed E-state index contributed by atoms with van der Waals surface area (Å²) in [7, 11) is 1.52. The number of benzene rings is 3. The molecule has 0 saturated heterocycles. The van der Waals surface area contributed by atoms with Crippen LogP contribution in [0.1, 0.15) is 16.7 Å². The molecule has 0 unspecified atom stereocenters. The highest BCUT2D eigenvalue weighted by Gasteiger charge is 2.15. The van der Waals surface area contributed by atoms with Crippen LogP contribution in [-0.2, 0) is 11.4 Å². The zero-order valence-electron chi connectivity index (χ0n) is 17.8. The van der Waals surface area contributed by atoms with Crippen LogP contribution in [0.25, 0.3) is 6.08 Å². The number of nitrogens with zero attached hydrogens (tertiary/aromatic N) is 1. The largest absolute Gasteiger partial charge is 0.493 e. The van der Waals surface area contributed by atoms with Crippen molar-refractivity contribution in [2.75, 3.05) is 12.4 Å². The summed E-state index contributed by atoms with van der Waals surface area (Å²) in [4.78, 5) is 12.7. The Hall–Kier alpha value is -2.98. The SMILES string of the molecule is COc1cc(/C=C(\C#N)C(=O)Nc2cc(Cl)ccc2C)cc(Br)c1OCc1ccc(Cl)cc1. The van der Waals surface area contributed by atoms with Crippen molar-refractivity contribution in [2.24, 2.45) is 0 Å². The van der Waals surface area contributed by atoms with Crippen LogP contribution in [0.4, 0.5) is 5.69 Å². The summed E-state index contributed by atoms with van der Waals surface area (Å²) in [6.45, 7) is 2.15. The molecule has 1 amide bonds. The zero-order valence-corrected chi connectivity index (χ0v) is 20.9. The third-order valence-electron chi connectivity index (χ3n) is 4.67. The molecule has 0 spiro atoms. The smallest absolute Gasteiger partial charge is 0.266 e. The first-order valence-corrected chi connectivity index (χ1v) is 11.3. The van der Waals surface area contributed by atoms with Crippen molar-refractivity contribution in [3.8, 4) is 17.6 Å². The Morgan fingerprint density at radius 2 is 1.82 bits per heavy atom. The molecule has 0 aliphatic carbocycles. The van der Waals surface area contributed by atoms with Crippen LogP contribution in [-0.4, -0.2) is 13.0 Å². The number of anilines is 1. The number of rotatable bonds is 7. The van der Waals surface area contributed by atoms with Gasteiger partial charge in [-0.2, -0.15) is 5.26 Å². The maximum atomic E-state index is 12.7. The average Bonchev–Trinajstić information content (AvgIpc) is 2.79. The molecule has 0 fully saturated rings. The number of hydrogen-bond acceptors (Lipinski definition) is 4. The lowest BCUT2D eigenvalue weighted by atomic mass is 10.1. The molecule has 3 aromatic carbocycles. The van der Waals surface area contributed by atoms with Gasteiger partial charge in [0.25, 0.3) is 5.91 Å². The van der Waals surface area contributed by atoms with Crippen molar-refractivity contribution in [3.63, 3.8) is 0 Å². The highest BCUT2D eigenvalue weighted by Crippen LogP contribution is 2.38. The van der Waals surface area contributed by atoms with E-state index in [-0.39, 0.29) is 5.57 Å². The van der Waals surface area contributed by atoms with Crippen molar-refractivity contribution >= 4 is 56.8 Å². The van der Waals surface area contributed by atoms with Gasteiger partial charge in [0.2, 0.25) is 0 Å². The van der Waals surface area contributed by atoms with Crippen molar-refractivity contribution < 1.29 is 14.3 Å². The first kappa shape index (κ1) is 24.7. The van der Waals surface area contributed by atoms with E-state index in [0.717, 1.165) is 11.1 Å². The Kier molecular flexibility index (Phi) is 8.40. The fourth-order valence-electron chi connectivity index (χ4n) is 2.93. The van der Waals surface area contributed by atoms with Gasteiger partial charge in [-0.05, 0) is 82.0 Å². The molecule has 0 heterocycles. The van der Waals surface area contributed by atoms with E-state index in [1.165, 1.54) is 13.2 Å². The number of ether oxygens (including phenoxy) is 2. The van der Waals surface area contributed by atoms with Gasteiger partial charge in [0.1, 0.15) is 18.2 Å². The first-order valence-electron chi connectivity index (χ1n) is 9.74. The number of nitriles is 1. The second-order valence-electron chi connectivity index (χ2n) is 7.03. The van der Waals surface area contributed by atoms with Crippen LogP contribution in [0, 0.1) is 18.3 Å². The van der Waals surface area contributed by atoms with Crippen LogP contribution in [0.3, 0.4) is 0 Å². The fourth-order valence-corrected chi connectivity index (χ4v) is 3.81. The van der Waals surface area contributed by atoms with Crippen LogP contribution in [0.5, 0.6) is 11.5 Å². The normalized spacial score (nSPS) is 11.0. The number of carbonyl (C=O) groups excluding carboxylic acids is 1. The Bertz CT molecular complexity index is 1250. The fraction of sp³-hybridized carbons (Fsp3) is 0.120. The second-order valence-corrected chi connectivity index (χ2v) is 8.76. The van der Waals surface area contributed by atoms with E-state index in [4.69, 9.17) is 32.7 Å². The van der Waals surface area contributed by atoms with E-state index in [1.54, 1.807) is 42.5 Å². The topological polar surface area (TPSA) is 71.3 Å². The third-order valence-corrected chi connectivity index (χ3v) is 5.75. The summed E-state index contributed by atoms with van der Waals surface area (Å²) in [5, 5.41) is 13.4. The Morgan fingerprint density at radius 3 is 2.48 bits per heavy atom. The van der Waals surface area contributed by atoms with E-state index in [0.29, 0.717) is 43.9 Å². The molecule has 0 atom stereocenters. The molecule has 5 nitrogen and oxygen atoms in total. The van der Waals surface area contributed by atoms with E-state index in [9.17, 15) is 10.1 Å². The van der Waals surface area contributed by atoms with E-state index in [1.807, 2.05) is 25.1 Å². The number of nitrogens with one attached hydrogen (secondary N) is 1. The van der Waals surface area contributed by atoms with Crippen LogP contribution in [0.15, 0.2) is 64.6 Å². The van der Waals surface area contributed by atoms with Gasteiger partial charge in [0.05, 0.1) is 11.6 Å². The van der Waals surface area contributed by atoms with E-state index in [2.05, 4.69) is 21.2 Å². The molecule has 0 aliphatic rings. The summed E-state index contributed by atoms with van der Waals surface area (Å²) in [5.74, 6) is 0.413. The molecule has 0 aromatic heterocycles. The van der Waals surface area contributed by atoms with Gasteiger partial charge in [0, 0.05) is 15.7 Å². The quantitative estimate of drug-likeness (QED) is 0.252. The molecular formula is C25H19BrCl2N2O3. The number of carbonyl (C=O) groups is 1. The molecule has 3 aromatic rings. The minimum Gasteiger partial charge on any atom is -0.493 e. The number of hydrogen-bond donors (Lipinski definition) is 1. The van der Waals surface area contributed by atoms with Crippen molar-refractivity contribution in [1.82, 2.24) is 0 Å². The molecule has 0 bridgehead atoms. The van der Waals surface area contributed by atoms with Crippen LogP contribution >= 0.6 is 39.1 Å². The third kappa shape index (κ3) is 6.52. The monoisotopic (exact) mass is 544 g/mol. The first-order chi connectivity index (χ1) is 15.8. The van der Waals surface area contributed by atoms with Gasteiger partial charge < -0.3 is 14.8 Å². The van der Waals surface area contributed by atoms with Gasteiger partial charge in [-0.15, -0.1) is 0 Å². The summed E-state index contributed by atoms with van der Waals surface area (Å²) in [6, 6.07) is 17.9. The maximum absolute atomic E-state index is 12.7. The molecular weight excluding hydrogens is 527 g/mol. The molecule has 3 rings (SSSR count). The predicted octanol–water partition coefficient (Wildman–Crippen LogP) is 7.20. The number of aryl methyl sites for hydroxylation is 1. The summed E-state index contributed by atoms with van der Waals surface area (Å²) < 4.78 is 12.0. The number of amides is 1. The highest BCUT2D eigenvalue weighted by molar-refractivity contribution is 9.10. The second kappa shape index (κ2) is 11.2. The summed E-state index contributed by atoms with van der Waals surface area (Å²) in [5.41, 5.74) is 2.83. The summed E-state index contributed by atoms with van der Waals surface area (Å²) in [6.07, 6.45) is 1.48. The van der Waals surface area contributed by atoms with E-state index < -0.39 is 5.91 Å². The lowest BCUT2D eigenvalue weighted by molar-refractivity contribution is -0.112. The maximum Gasteiger partial charge on any atom is 0.266 e. The minimum absolute atomic E-state index is 0.0711. The van der Waals surface area contributed by atoms with Crippen molar-refractivity contribution in [1.29, 1.82) is 5.26 Å². The summed E-state index contributed by atoms with van der Waals surface area (Å²) >= 11 is 15.4. The van der Waals surface area contributed by atoms with Gasteiger partial charge in [-0.25, -0.2) is 0 Å². The molecule has 0 aliphatic heterocycles.